The Bertz CT molecular complexity index is 752. The molecule has 3 rings (SSSR count). The molecule has 2 aromatic rings. The Morgan fingerprint density at radius 3 is 2.73 bits per heavy atom. The summed E-state index contributed by atoms with van der Waals surface area (Å²) < 4.78 is 15.0. The minimum absolute atomic E-state index is 0.0443. The highest BCUT2D eigenvalue weighted by molar-refractivity contribution is 5.95. The van der Waals surface area contributed by atoms with Crippen LogP contribution in [-0.4, -0.2) is 47.3 Å². The van der Waals surface area contributed by atoms with Gasteiger partial charge in [-0.1, -0.05) is 13.8 Å². The Kier molecular flexibility index (Phi) is 5.71. The number of nitrogens with one attached hydrogen (secondary N) is 1. The molecule has 0 spiro atoms. The molecule has 1 saturated heterocycles. The van der Waals surface area contributed by atoms with Crippen LogP contribution in [0.5, 0.6) is 0 Å². The van der Waals surface area contributed by atoms with Crippen LogP contribution < -0.4 is 5.32 Å². The van der Waals surface area contributed by atoms with Crippen molar-refractivity contribution in [2.24, 2.45) is 5.92 Å². The number of benzene rings is 1. The van der Waals surface area contributed by atoms with E-state index in [1.807, 2.05) is 25.8 Å². The number of halogens is 1. The topological polar surface area (TPSA) is 50.2 Å². The Morgan fingerprint density at radius 2 is 2.08 bits per heavy atom. The molecule has 1 N–H and O–H groups in total. The molecule has 1 aromatic heterocycles. The number of carbonyl (C=O) groups is 1. The summed E-state index contributed by atoms with van der Waals surface area (Å²) in [4.78, 5) is 15.1. The van der Waals surface area contributed by atoms with E-state index in [9.17, 15) is 9.18 Å². The first-order chi connectivity index (χ1) is 12.5. The van der Waals surface area contributed by atoms with Crippen molar-refractivity contribution in [2.75, 3.05) is 26.7 Å². The number of piperidine rings is 1. The second-order valence-electron chi connectivity index (χ2n) is 7.30. The molecule has 1 aliphatic rings. The molecule has 5 nitrogen and oxygen atoms in total. The van der Waals surface area contributed by atoms with Crippen LogP contribution in [0, 0.1) is 11.7 Å². The molecular weight excluding hydrogens is 331 g/mol. The lowest BCUT2D eigenvalue weighted by atomic mass is 9.96. The molecule has 1 fully saturated rings. The van der Waals surface area contributed by atoms with Crippen LogP contribution in [0.15, 0.2) is 30.5 Å². The van der Waals surface area contributed by atoms with Crippen molar-refractivity contribution < 1.29 is 9.18 Å². The highest BCUT2D eigenvalue weighted by Crippen LogP contribution is 2.26. The monoisotopic (exact) mass is 358 g/mol. The minimum atomic E-state index is -0.285. The van der Waals surface area contributed by atoms with E-state index in [1.165, 1.54) is 12.1 Å². The Hall–Kier alpha value is -2.21. The zero-order chi connectivity index (χ0) is 18.7. The number of likely N-dealkylation sites (tertiary alicyclic amines) is 1. The number of rotatable bonds is 5. The van der Waals surface area contributed by atoms with Gasteiger partial charge in [-0.05, 0) is 62.5 Å². The summed E-state index contributed by atoms with van der Waals surface area (Å²) in [5.41, 5.74) is 2.28. The van der Waals surface area contributed by atoms with Crippen LogP contribution in [0.25, 0.3) is 5.69 Å². The molecule has 1 unspecified atom stereocenters. The van der Waals surface area contributed by atoms with Gasteiger partial charge < -0.3 is 10.2 Å². The number of hydrogen-bond donors (Lipinski definition) is 1. The average Bonchev–Trinajstić information content (AvgIpc) is 3.07. The van der Waals surface area contributed by atoms with E-state index < -0.39 is 0 Å². The summed E-state index contributed by atoms with van der Waals surface area (Å²) in [6, 6.07) is 6.20. The predicted octanol–water partition coefficient (Wildman–Crippen LogP) is 3.21. The number of carbonyl (C=O) groups excluding carboxylic acids is 1. The summed E-state index contributed by atoms with van der Waals surface area (Å²) in [5, 5.41) is 7.65. The molecule has 26 heavy (non-hydrogen) atoms. The number of hydrogen-bond acceptors (Lipinski definition) is 3. The minimum Gasteiger partial charge on any atom is -0.338 e. The predicted molar refractivity (Wildman–Crippen MR) is 100 cm³/mol. The van der Waals surface area contributed by atoms with Gasteiger partial charge in [0.1, 0.15) is 5.82 Å². The smallest absolute Gasteiger partial charge is 0.257 e. The maximum Gasteiger partial charge on any atom is 0.257 e. The van der Waals surface area contributed by atoms with E-state index in [2.05, 4.69) is 10.4 Å². The average molecular weight is 358 g/mol. The summed E-state index contributed by atoms with van der Waals surface area (Å²) >= 11 is 0. The van der Waals surface area contributed by atoms with Gasteiger partial charge in [0, 0.05) is 13.1 Å². The van der Waals surface area contributed by atoms with Gasteiger partial charge in [-0.15, -0.1) is 0 Å². The van der Waals surface area contributed by atoms with E-state index >= 15 is 0 Å². The lowest BCUT2D eigenvalue weighted by Gasteiger charge is -2.33. The van der Waals surface area contributed by atoms with E-state index in [0.29, 0.717) is 11.5 Å². The molecule has 1 atom stereocenters. The van der Waals surface area contributed by atoms with Crippen LogP contribution in [-0.2, 0) is 0 Å². The van der Waals surface area contributed by atoms with Crippen LogP contribution in [0.4, 0.5) is 4.39 Å². The first-order valence-corrected chi connectivity index (χ1v) is 9.29. The lowest BCUT2D eigenvalue weighted by Crippen LogP contribution is -2.42. The largest absolute Gasteiger partial charge is 0.338 e. The third kappa shape index (κ3) is 3.80. The Morgan fingerprint density at radius 1 is 1.35 bits per heavy atom. The maximum atomic E-state index is 13.2. The summed E-state index contributed by atoms with van der Waals surface area (Å²) in [7, 11) is 1.95. The van der Waals surface area contributed by atoms with Gasteiger partial charge in [0.05, 0.1) is 23.1 Å². The van der Waals surface area contributed by atoms with Crippen molar-refractivity contribution in [3.63, 3.8) is 0 Å². The van der Waals surface area contributed by atoms with Gasteiger partial charge in [0.25, 0.3) is 5.91 Å². The lowest BCUT2D eigenvalue weighted by molar-refractivity contribution is 0.0672. The molecule has 0 radical (unpaired) electrons. The molecule has 1 aliphatic heterocycles. The van der Waals surface area contributed by atoms with Crippen LogP contribution in [0.1, 0.15) is 48.7 Å². The molecule has 0 saturated carbocycles. The van der Waals surface area contributed by atoms with Gasteiger partial charge >= 0.3 is 0 Å². The molecule has 6 heteroatoms. The van der Waals surface area contributed by atoms with E-state index in [1.54, 1.807) is 23.0 Å². The fourth-order valence-corrected chi connectivity index (χ4v) is 3.74. The van der Waals surface area contributed by atoms with Crippen molar-refractivity contribution in [3.05, 3.63) is 47.5 Å². The number of nitrogens with zero attached hydrogens (tertiary/aromatic N) is 3. The molecule has 1 aromatic carbocycles. The molecular formula is C20H27FN4O. The molecule has 2 heterocycles. The van der Waals surface area contributed by atoms with Gasteiger partial charge in [0.2, 0.25) is 0 Å². The summed E-state index contributed by atoms with van der Waals surface area (Å²) in [6.45, 7) is 6.59. The number of aromatic nitrogens is 2. The fraction of sp³-hybridized carbons (Fsp3) is 0.500. The van der Waals surface area contributed by atoms with Crippen LogP contribution in [0.2, 0.25) is 0 Å². The van der Waals surface area contributed by atoms with Gasteiger partial charge in [-0.2, -0.15) is 5.10 Å². The first-order valence-electron chi connectivity index (χ1n) is 9.29. The molecule has 0 aliphatic carbocycles. The molecule has 140 valence electrons. The van der Waals surface area contributed by atoms with Crippen molar-refractivity contribution in [1.82, 2.24) is 20.0 Å². The molecule has 0 bridgehead atoms. The zero-order valence-electron chi connectivity index (χ0n) is 15.7. The highest BCUT2D eigenvalue weighted by atomic mass is 19.1. The standard InChI is InChI=1S/C20H27FN4O/c1-14(2)19-18(12-23-25(19)17-8-6-16(21)7-9-17)20(26)24-10-4-5-15(13-24)11-22-3/h6-9,12,14-15,22H,4-5,10-11,13H2,1-3H3. The van der Waals surface area contributed by atoms with Gasteiger partial charge in [-0.3, -0.25) is 4.79 Å². The zero-order valence-corrected chi connectivity index (χ0v) is 15.7. The molecule has 1 amide bonds. The van der Waals surface area contributed by atoms with Crippen molar-refractivity contribution in [2.45, 2.75) is 32.6 Å². The van der Waals surface area contributed by atoms with E-state index in [4.69, 9.17) is 0 Å². The number of amides is 1. The van der Waals surface area contributed by atoms with Crippen molar-refractivity contribution in [3.8, 4) is 5.69 Å². The third-order valence-corrected chi connectivity index (χ3v) is 4.95. The first kappa shape index (κ1) is 18.6. The third-order valence-electron chi connectivity index (χ3n) is 4.95. The second-order valence-corrected chi connectivity index (χ2v) is 7.30. The fourth-order valence-electron chi connectivity index (χ4n) is 3.74. The van der Waals surface area contributed by atoms with Crippen LogP contribution in [0.3, 0.4) is 0 Å². The van der Waals surface area contributed by atoms with E-state index in [0.717, 1.165) is 43.9 Å². The summed E-state index contributed by atoms with van der Waals surface area (Å²) in [6.07, 6.45) is 3.83. The second kappa shape index (κ2) is 7.99. The van der Waals surface area contributed by atoms with E-state index in [-0.39, 0.29) is 17.6 Å². The Labute approximate surface area is 154 Å². The highest BCUT2D eigenvalue weighted by Gasteiger charge is 2.28. The summed E-state index contributed by atoms with van der Waals surface area (Å²) in [5.74, 6) is 0.377. The Balaban J connectivity index is 1.90. The normalized spacial score (nSPS) is 17.7. The SMILES string of the molecule is CNCC1CCCN(C(=O)c2cnn(-c3ccc(F)cc3)c2C(C)C)C1. The van der Waals surface area contributed by atoms with Crippen LogP contribution >= 0.6 is 0 Å². The maximum absolute atomic E-state index is 13.2. The van der Waals surface area contributed by atoms with Crippen molar-refractivity contribution in [1.29, 1.82) is 0 Å². The van der Waals surface area contributed by atoms with Gasteiger partial charge in [-0.25, -0.2) is 9.07 Å². The quantitative estimate of drug-likeness (QED) is 0.893. The van der Waals surface area contributed by atoms with Crippen molar-refractivity contribution >= 4 is 5.91 Å². The van der Waals surface area contributed by atoms with Gasteiger partial charge in [0.15, 0.2) is 0 Å².